The van der Waals surface area contributed by atoms with Crippen molar-refractivity contribution in [3.8, 4) is 0 Å². The number of rotatable bonds is 5. The van der Waals surface area contributed by atoms with Crippen LogP contribution in [0, 0.1) is 0 Å². The summed E-state index contributed by atoms with van der Waals surface area (Å²) in [6.07, 6.45) is 5.51. The van der Waals surface area contributed by atoms with Gasteiger partial charge >= 0.3 is 6.03 Å². The molecule has 1 aromatic carbocycles. The van der Waals surface area contributed by atoms with E-state index in [9.17, 15) is 9.59 Å². The molecule has 2 heterocycles. The third-order valence-electron chi connectivity index (χ3n) is 5.20. The molecular formula is C19H27N3O2. The van der Waals surface area contributed by atoms with Gasteiger partial charge in [0.25, 0.3) is 5.91 Å². The second-order valence-electron chi connectivity index (χ2n) is 7.01. The molecule has 2 aliphatic heterocycles. The van der Waals surface area contributed by atoms with Crippen molar-refractivity contribution < 1.29 is 9.59 Å². The van der Waals surface area contributed by atoms with Crippen molar-refractivity contribution in [3.63, 3.8) is 0 Å². The Morgan fingerprint density at radius 2 is 1.62 bits per heavy atom. The average molecular weight is 329 g/mol. The van der Waals surface area contributed by atoms with Crippen LogP contribution in [-0.4, -0.2) is 29.6 Å². The van der Waals surface area contributed by atoms with Crippen LogP contribution in [0.5, 0.6) is 0 Å². The predicted octanol–water partition coefficient (Wildman–Crippen LogP) is 3.20. The molecule has 2 aliphatic rings. The highest BCUT2D eigenvalue weighted by atomic mass is 16.2. The predicted molar refractivity (Wildman–Crippen MR) is 95.0 cm³/mol. The first-order valence-corrected chi connectivity index (χ1v) is 9.07. The normalized spacial score (nSPS) is 30.0. The second-order valence-corrected chi connectivity index (χ2v) is 7.01. The molecule has 3 rings (SSSR count). The summed E-state index contributed by atoms with van der Waals surface area (Å²) >= 11 is 0. The van der Waals surface area contributed by atoms with Gasteiger partial charge in [0.15, 0.2) is 0 Å². The Bertz CT molecular complexity index is 588. The third-order valence-corrected chi connectivity index (χ3v) is 5.20. The number of benzene rings is 1. The summed E-state index contributed by atoms with van der Waals surface area (Å²) in [5.41, 5.74) is 0.0387. The number of hydrogen-bond donors (Lipinski definition) is 2. The summed E-state index contributed by atoms with van der Waals surface area (Å²) in [5, 5.41) is 6.27. The number of para-hydroxylation sites is 1. The quantitative estimate of drug-likeness (QED) is 0.816. The van der Waals surface area contributed by atoms with Gasteiger partial charge in [-0.15, -0.1) is 0 Å². The van der Waals surface area contributed by atoms with E-state index in [1.807, 2.05) is 30.3 Å². The minimum Gasteiger partial charge on any atom is -0.311 e. The van der Waals surface area contributed by atoms with Crippen molar-refractivity contribution in [1.29, 1.82) is 0 Å². The van der Waals surface area contributed by atoms with Crippen molar-refractivity contribution in [2.24, 2.45) is 0 Å². The molecule has 2 fully saturated rings. The van der Waals surface area contributed by atoms with E-state index in [1.54, 1.807) is 4.90 Å². The lowest BCUT2D eigenvalue weighted by atomic mass is 9.77. The van der Waals surface area contributed by atoms with E-state index in [-0.39, 0.29) is 24.0 Å². The fraction of sp³-hybridized carbons (Fsp3) is 0.579. The van der Waals surface area contributed by atoms with E-state index >= 15 is 0 Å². The molecule has 2 N–H and O–H groups in total. The van der Waals surface area contributed by atoms with Crippen LogP contribution in [0.15, 0.2) is 30.3 Å². The van der Waals surface area contributed by atoms with Crippen LogP contribution in [0.1, 0.15) is 52.4 Å². The highest BCUT2D eigenvalue weighted by Crippen LogP contribution is 2.40. The Morgan fingerprint density at radius 3 is 2.17 bits per heavy atom. The van der Waals surface area contributed by atoms with E-state index < -0.39 is 5.54 Å². The molecule has 0 saturated carbocycles. The van der Waals surface area contributed by atoms with Crippen LogP contribution < -0.4 is 15.5 Å². The topological polar surface area (TPSA) is 61.4 Å². The van der Waals surface area contributed by atoms with Crippen LogP contribution in [0.2, 0.25) is 0 Å². The molecule has 5 heteroatoms. The lowest BCUT2D eigenvalue weighted by molar-refractivity contribution is -0.125. The molecule has 24 heavy (non-hydrogen) atoms. The van der Waals surface area contributed by atoms with Gasteiger partial charge in [-0.25, -0.2) is 4.79 Å². The summed E-state index contributed by atoms with van der Waals surface area (Å²) in [6.45, 7) is 4.32. The maximum Gasteiger partial charge on any atom is 0.329 e. The summed E-state index contributed by atoms with van der Waals surface area (Å²) in [6, 6.07) is 9.80. The molecule has 1 spiro atoms. The molecule has 0 bridgehead atoms. The van der Waals surface area contributed by atoms with Gasteiger partial charge in [-0.1, -0.05) is 44.9 Å². The summed E-state index contributed by atoms with van der Waals surface area (Å²) in [7, 11) is 0. The van der Waals surface area contributed by atoms with Crippen molar-refractivity contribution in [3.05, 3.63) is 30.3 Å². The Labute approximate surface area is 143 Å². The molecule has 5 nitrogen and oxygen atoms in total. The van der Waals surface area contributed by atoms with Crippen molar-refractivity contribution in [1.82, 2.24) is 10.6 Å². The number of carbonyl (C=O) groups is 2. The summed E-state index contributed by atoms with van der Waals surface area (Å²) < 4.78 is 0. The first-order valence-electron chi connectivity index (χ1n) is 9.07. The molecule has 1 aromatic rings. The number of carbonyl (C=O) groups excluding carboxylic acids is 2. The van der Waals surface area contributed by atoms with Gasteiger partial charge in [-0.2, -0.15) is 0 Å². The van der Waals surface area contributed by atoms with Crippen LogP contribution in [0.3, 0.4) is 0 Å². The van der Waals surface area contributed by atoms with E-state index in [0.717, 1.165) is 31.4 Å². The Morgan fingerprint density at radius 1 is 1.04 bits per heavy atom. The van der Waals surface area contributed by atoms with Crippen LogP contribution in [0.25, 0.3) is 0 Å². The number of amides is 3. The van der Waals surface area contributed by atoms with Crippen molar-refractivity contribution in [2.75, 3.05) is 4.90 Å². The first-order chi connectivity index (χ1) is 11.6. The van der Waals surface area contributed by atoms with Gasteiger partial charge in [0.1, 0.15) is 5.54 Å². The minimum absolute atomic E-state index is 0.139. The molecule has 3 amide bonds. The first kappa shape index (κ1) is 17.0. The lowest BCUT2D eigenvalue weighted by Crippen LogP contribution is -2.62. The second kappa shape index (κ2) is 6.93. The Balaban J connectivity index is 1.99. The Hall–Kier alpha value is -1.88. The molecule has 1 unspecified atom stereocenters. The van der Waals surface area contributed by atoms with Gasteiger partial charge in [-0.3, -0.25) is 15.0 Å². The zero-order valence-corrected chi connectivity index (χ0v) is 14.5. The van der Waals surface area contributed by atoms with Gasteiger partial charge in [0, 0.05) is 17.8 Å². The number of piperidine rings is 1. The van der Waals surface area contributed by atoms with E-state index in [0.29, 0.717) is 12.8 Å². The maximum absolute atomic E-state index is 12.8. The molecule has 0 aromatic heterocycles. The highest BCUT2D eigenvalue weighted by molar-refractivity contribution is 6.17. The zero-order valence-electron chi connectivity index (χ0n) is 14.5. The average Bonchev–Trinajstić information content (AvgIpc) is 2.78. The van der Waals surface area contributed by atoms with E-state index in [1.165, 1.54) is 0 Å². The molecule has 2 saturated heterocycles. The Kier molecular flexibility index (Phi) is 4.90. The number of nitrogens with one attached hydrogen (secondary N) is 2. The standard InChI is InChI=1S/C19H27N3O2/c1-3-8-14-12-19(13-15(20-14)9-4-2)17(23)21-18(24)22(19)16-10-6-5-7-11-16/h5-7,10-11,14-15,20H,3-4,8-9,12-13H2,1-2H3,(H,21,23,24)/t14-,15+,19?. The van der Waals surface area contributed by atoms with Gasteiger partial charge in [-0.05, 0) is 37.8 Å². The van der Waals surface area contributed by atoms with Gasteiger partial charge in [0.05, 0.1) is 0 Å². The number of anilines is 1. The SMILES string of the molecule is CCC[C@@H]1CC2(C[C@H](CCC)N1)C(=O)NC(=O)N2c1ccccc1. The van der Waals surface area contributed by atoms with Gasteiger partial charge in [0.2, 0.25) is 0 Å². The van der Waals surface area contributed by atoms with Crippen LogP contribution in [-0.2, 0) is 4.79 Å². The molecular weight excluding hydrogens is 302 g/mol. The lowest BCUT2D eigenvalue weighted by Gasteiger charge is -2.45. The van der Waals surface area contributed by atoms with E-state index in [2.05, 4.69) is 24.5 Å². The molecule has 130 valence electrons. The third kappa shape index (κ3) is 2.93. The monoisotopic (exact) mass is 329 g/mol. The summed E-state index contributed by atoms with van der Waals surface area (Å²) in [5.74, 6) is -0.139. The highest BCUT2D eigenvalue weighted by Gasteiger charge is 2.56. The van der Waals surface area contributed by atoms with Crippen molar-refractivity contribution >= 4 is 17.6 Å². The fourth-order valence-electron chi connectivity index (χ4n) is 4.29. The number of nitrogens with zero attached hydrogens (tertiary/aromatic N) is 1. The number of imide groups is 1. The van der Waals surface area contributed by atoms with Gasteiger partial charge < -0.3 is 5.32 Å². The van der Waals surface area contributed by atoms with Crippen LogP contribution in [0.4, 0.5) is 10.5 Å². The summed E-state index contributed by atoms with van der Waals surface area (Å²) in [4.78, 5) is 27.1. The molecule has 0 aliphatic carbocycles. The van der Waals surface area contributed by atoms with Crippen LogP contribution >= 0.6 is 0 Å². The largest absolute Gasteiger partial charge is 0.329 e. The maximum atomic E-state index is 12.8. The van der Waals surface area contributed by atoms with E-state index in [4.69, 9.17) is 0 Å². The fourth-order valence-corrected chi connectivity index (χ4v) is 4.29. The van der Waals surface area contributed by atoms with Crippen molar-refractivity contribution in [2.45, 2.75) is 70.0 Å². The molecule has 0 radical (unpaired) electrons. The minimum atomic E-state index is -0.761. The zero-order chi connectivity index (χ0) is 17.2. The number of hydrogen-bond acceptors (Lipinski definition) is 3. The number of urea groups is 1. The molecule has 3 atom stereocenters. The smallest absolute Gasteiger partial charge is 0.311 e.